The zero-order valence-electron chi connectivity index (χ0n) is 11.9. The summed E-state index contributed by atoms with van der Waals surface area (Å²) in [4.78, 5) is 27.7. The van der Waals surface area contributed by atoms with Crippen LogP contribution in [0, 0.1) is 5.41 Å². The highest BCUT2D eigenvalue weighted by atomic mass is 35.5. The van der Waals surface area contributed by atoms with Crippen molar-refractivity contribution < 1.29 is 19.2 Å². The molecule has 0 aliphatic carbocycles. The molecule has 0 saturated heterocycles. The molecule has 1 rings (SSSR count). The number of ether oxygens (including phenoxy) is 1. The molecule has 0 heterocycles. The first-order valence-electron chi connectivity index (χ1n) is 6.07. The predicted octanol–water partition coefficient (Wildman–Crippen LogP) is 3.73. The van der Waals surface area contributed by atoms with Crippen LogP contribution in [0.25, 0.3) is 0 Å². The van der Waals surface area contributed by atoms with E-state index < -0.39 is 11.4 Å². The summed E-state index contributed by atoms with van der Waals surface area (Å²) in [7, 11) is 0. The van der Waals surface area contributed by atoms with Gasteiger partial charge in [-0.1, -0.05) is 28.4 Å². The van der Waals surface area contributed by atoms with Crippen molar-refractivity contribution in [3.63, 3.8) is 0 Å². The molecule has 0 aromatic heterocycles. The van der Waals surface area contributed by atoms with E-state index in [1.54, 1.807) is 20.8 Å². The van der Waals surface area contributed by atoms with Crippen LogP contribution < -0.4 is 0 Å². The van der Waals surface area contributed by atoms with Gasteiger partial charge in [-0.3, -0.25) is 4.79 Å². The molecule has 0 unspecified atom stereocenters. The molecule has 0 atom stereocenters. The van der Waals surface area contributed by atoms with Gasteiger partial charge in [0, 0.05) is 5.02 Å². The molecular weight excluding hydrogens is 317 g/mol. The Morgan fingerprint density at radius 1 is 1.29 bits per heavy atom. The van der Waals surface area contributed by atoms with Gasteiger partial charge in [0.05, 0.1) is 22.2 Å². The van der Waals surface area contributed by atoms with E-state index in [0.29, 0.717) is 5.02 Å². The van der Waals surface area contributed by atoms with Crippen LogP contribution in [-0.4, -0.2) is 24.8 Å². The molecule has 0 spiro atoms. The Morgan fingerprint density at radius 3 is 2.52 bits per heavy atom. The van der Waals surface area contributed by atoms with Gasteiger partial charge >= 0.3 is 11.9 Å². The van der Waals surface area contributed by atoms with Gasteiger partial charge in [-0.05, 0) is 39.0 Å². The molecule has 0 amide bonds. The Balaban J connectivity index is 2.46. The second-order valence-corrected chi connectivity index (χ2v) is 5.98. The monoisotopic (exact) mass is 331 g/mol. The summed E-state index contributed by atoms with van der Waals surface area (Å²) in [6.07, 6.45) is 1.17. The van der Waals surface area contributed by atoms with Crippen molar-refractivity contribution in [1.82, 2.24) is 0 Å². The molecule has 1 aromatic rings. The zero-order valence-corrected chi connectivity index (χ0v) is 13.4. The number of esters is 1. The van der Waals surface area contributed by atoms with Gasteiger partial charge in [-0.15, -0.1) is 0 Å². The maximum absolute atomic E-state index is 11.7. The Labute approximate surface area is 132 Å². The van der Waals surface area contributed by atoms with Crippen LogP contribution >= 0.6 is 23.2 Å². The van der Waals surface area contributed by atoms with Gasteiger partial charge in [0.15, 0.2) is 0 Å². The van der Waals surface area contributed by atoms with E-state index in [-0.39, 0.29) is 23.2 Å². The number of hydrogen-bond acceptors (Lipinski definition) is 5. The average molecular weight is 332 g/mol. The summed E-state index contributed by atoms with van der Waals surface area (Å²) in [6.45, 7) is 5.11. The zero-order chi connectivity index (χ0) is 16.0. The number of halogens is 2. The lowest BCUT2D eigenvalue weighted by Gasteiger charge is -2.15. The van der Waals surface area contributed by atoms with E-state index in [4.69, 9.17) is 27.9 Å². The topological polar surface area (TPSA) is 65.0 Å². The van der Waals surface area contributed by atoms with Crippen molar-refractivity contribution in [2.45, 2.75) is 20.8 Å². The van der Waals surface area contributed by atoms with Gasteiger partial charge in [-0.25, -0.2) is 4.79 Å². The number of carbonyl (C=O) groups is 2. The fraction of sp³-hybridized carbons (Fsp3) is 0.357. The average Bonchev–Trinajstić information content (AvgIpc) is 2.36. The van der Waals surface area contributed by atoms with Crippen LogP contribution in [0.1, 0.15) is 31.1 Å². The summed E-state index contributed by atoms with van der Waals surface area (Å²) in [6, 6.07) is 4.37. The van der Waals surface area contributed by atoms with Crippen LogP contribution in [0.15, 0.2) is 23.4 Å². The normalized spacial score (nSPS) is 11.5. The summed E-state index contributed by atoms with van der Waals surface area (Å²) in [5.74, 6) is -1.10. The Bertz CT molecular complexity index is 565. The Morgan fingerprint density at radius 2 is 1.95 bits per heavy atom. The number of hydrogen-bond donors (Lipinski definition) is 0. The summed E-state index contributed by atoms with van der Waals surface area (Å²) in [5.41, 5.74) is -0.452. The standard InChI is InChI=1S/C14H15Cl2NO4/c1-14(2,3)13(19)20-7-6-17-21-12(18)10-5-4-9(15)8-11(10)16/h4-6,8H,7H2,1-3H3/b17-6+. The molecule has 0 N–H and O–H groups in total. The minimum atomic E-state index is -0.727. The van der Waals surface area contributed by atoms with E-state index in [9.17, 15) is 9.59 Å². The molecule has 7 heteroatoms. The SMILES string of the molecule is CC(C)(C)C(=O)OC/C=N/OC(=O)c1ccc(Cl)cc1Cl. The van der Waals surface area contributed by atoms with Crippen LogP contribution in [0.5, 0.6) is 0 Å². The van der Waals surface area contributed by atoms with Crippen molar-refractivity contribution in [3.05, 3.63) is 33.8 Å². The third-order valence-corrected chi connectivity index (χ3v) is 2.81. The molecule has 0 radical (unpaired) electrons. The molecule has 0 saturated carbocycles. The smallest absolute Gasteiger partial charge is 0.367 e. The van der Waals surface area contributed by atoms with E-state index >= 15 is 0 Å². The minimum absolute atomic E-state index is 0.0856. The molecular formula is C14H15Cl2NO4. The first kappa shape index (κ1) is 17.5. The molecule has 0 fully saturated rings. The fourth-order valence-corrected chi connectivity index (χ4v) is 1.63. The van der Waals surface area contributed by atoms with Gasteiger partial charge in [0.1, 0.15) is 6.61 Å². The van der Waals surface area contributed by atoms with Gasteiger partial charge in [0.2, 0.25) is 0 Å². The van der Waals surface area contributed by atoms with Crippen LogP contribution in [0.4, 0.5) is 0 Å². The second kappa shape index (κ2) is 7.43. The predicted molar refractivity (Wildman–Crippen MR) is 80.8 cm³/mol. The van der Waals surface area contributed by atoms with E-state index in [1.165, 1.54) is 24.4 Å². The summed E-state index contributed by atoms with van der Waals surface area (Å²) < 4.78 is 4.91. The van der Waals surface area contributed by atoms with Crippen molar-refractivity contribution in [1.29, 1.82) is 0 Å². The second-order valence-electron chi connectivity index (χ2n) is 5.14. The minimum Gasteiger partial charge on any atom is -0.459 e. The largest absolute Gasteiger partial charge is 0.459 e. The maximum Gasteiger partial charge on any atom is 0.367 e. The molecule has 1 aromatic carbocycles. The van der Waals surface area contributed by atoms with Crippen molar-refractivity contribution in [2.24, 2.45) is 10.6 Å². The van der Waals surface area contributed by atoms with Crippen molar-refractivity contribution in [3.8, 4) is 0 Å². The fourth-order valence-electron chi connectivity index (χ4n) is 1.15. The van der Waals surface area contributed by atoms with Gasteiger partial charge in [-0.2, -0.15) is 0 Å². The van der Waals surface area contributed by atoms with E-state index in [0.717, 1.165) is 0 Å². The van der Waals surface area contributed by atoms with Gasteiger partial charge < -0.3 is 9.57 Å². The van der Waals surface area contributed by atoms with Crippen LogP contribution in [-0.2, 0) is 14.4 Å². The lowest BCUT2D eigenvalue weighted by atomic mass is 9.97. The quantitative estimate of drug-likeness (QED) is 0.365. The number of carbonyl (C=O) groups excluding carboxylic acids is 2. The maximum atomic E-state index is 11.7. The molecule has 0 aliphatic rings. The van der Waals surface area contributed by atoms with E-state index in [2.05, 4.69) is 9.99 Å². The molecule has 21 heavy (non-hydrogen) atoms. The molecule has 0 aliphatic heterocycles. The van der Waals surface area contributed by atoms with Crippen molar-refractivity contribution >= 4 is 41.4 Å². The molecule has 0 bridgehead atoms. The first-order valence-corrected chi connectivity index (χ1v) is 6.83. The van der Waals surface area contributed by atoms with Crippen LogP contribution in [0.3, 0.4) is 0 Å². The number of rotatable bonds is 4. The van der Waals surface area contributed by atoms with Crippen LogP contribution in [0.2, 0.25) is 10.0 Å². The third-order valence-electron chi connectivity index (χ3n) is 2.26. The lowest BCUT2D eigenvalue weighted by Crippen LogP contribution is -2.23. The highest BCUT2D eigenvalue weighted by Crippen LogP contribution is 2.21. The van der Waals surface area contributed by atoms with Crippen molar-refractivity contribution in [2.75, 3.05) is 6.61 Å². The summed E-state index contributed by atoms with van der Waals surface area (Å²) >= 11 is 11.6. The Hall–Kier alpha value is -1.59. The highest BCUT2D eigenvalue weighted by molar-refractivity contribution is 6.36. The number of oxime groups is 1. The highest BCUT2D eigenvalue weighted by Gasteiger charge is 2.22. The van der Waals surface area contributed by atoms with E-state index in [1.807, 2.05) is 0 Å². The number of nitrogens with zero attached hydrogens (tertiary/aromatic N) is 1. The Kier molecular flexibility index (Phi) is 6.18. The number of benzene rings is 1. The third kappa shape index (κ3) is 5.73. The lowest BCUT2D eigenvalue weighted by molar-refractivity contribution is -0.151. The van der Waals surface area contributed by atoms with Gasteiger partial charge in [0.25, 0.3) is 0 Å². The molecule has 114 valence electrons. The first-order chi connectivity index (χ1) is 9.71. The molecule has 5 nitrogen and oxygen atoms in total. The summed E-state index contributed by atoms with van der Waals surface area (Å²) in [5, 5.41) is 4.00.